The molecule has 9 nitrogen and oxygen atoms in total. The molecule has 0 saturated heterocycles. The molecular formula is C49H56N2O7S. The van der Waals surface area contributed by atoms with Crippen LogP contribution in [0.1, 0.15) is 70.3 Å². The Morgan fingerprint density at radius 3 is 2.34 bits per heavy atom. The van der Waals surface area contributed by atoms with E-state index in [1.54, 1.807) is 17.8 Å². The topological polar surface area (TPSA) is 119 Å². The van der Waals surface area contributed by atoms with E-state index in [0.717, 1.165) is 82.2 Å². The van der Waals surface area contributed by atoms with Crippen molar-refractivity contribution in [2.45, 2.75) is 80.6 Å². The lowest BCUT2D eigenvalue weighted by Gasteiger charge is -2.58. The molecule has 0 unspecified atom stereocenters. The van der Waals surface area contributed by atoms with Gasteiger partial charge in [-0.1, -0.05) is 72.6 Å². The standard InChI is InChI=1S/C49H56N2O7S/c1-4-29-55-49-46(59-40-24-19-37(20-25-40)50-33(3)54)32-44(51-56-5-2)42-30-36(15-9-11-27-52)41(16-10-12-28-53)47(48(42)49)43-31-39(23-26-45(43)58-49)57-38-21-17-35(18-22-38)34-13-7-6-8-14-34/h4,6-8,13-14,17-26,30-31,36,41,46-48,52-53H,1,5,9-12,15-16,27-29,32H2,2-3H3,(H,50,54)/t36-,41+,46-,47+,48+,49+/m0/s1. The molecule has 0 spiro atoms. The third-order valence-electron chi connectivity index (χ3n) is 11.6. The summed E-state index contributed by atoms with van der Waals surface area (Å²) in [5, 5.41) is 27.2. The fraction of sp³-hybridized carbons (Fsp3) is 0.388. The van der Waals surface area contributed by atoms with E-state index in [1.807, 2.05) is 73.7 Å². The normalized spacial score (nSPS) is 23.6. The van der Waals surface area contributed by atoms with Crippen LogP contribution in [0.5, 0.6) is 17.2 Å². The molecule has 1 heterocycles. The molecule has 0 aromatic heterocycles. The summed E-state index contributed by atoms with van der Waals surface area (Å²) < 4.78 is 21.0. The van der Waals surface area contributed by atoms with Crippen molar-refractivity contribution in [3.8, 4) is 28.4 Å². The Morgan fingerprint density at radius 1 is 0.932 bits per heavy atom. The number of hydrogen-bond donors (Lipinski definition) is 3. The molecule has 4 aromatic carbocycles. The lowest BCUT2D eigenvalue weighted by atomic mass is 9.56. The molecule has 310 valence electrons. The summed E-state index contributed by atoms with van der Waals surface area (Å²) in [6, 6.07) is 32.5. The third-order valence-corrected chi connectivity index (χ3v) is 12.9. The van der Waals surface area contributed by atoms with Crippen LogP contribution in [0.4, 0.5) is 5.69 Å². The Morgan fingerprint density at radius 2 is 1.64 bits per heavy atom. The molecule has 6 atom stereocenters. The number of aliphatic hydroxyl groups is 2. The molecule has 2 aliphatic carbocycles. The monoisotopic (exact) mass is 816 g/mol. The number of thioether (sulfide) groups is 1. The second-order valence-corrected chi connectivity index (χ2v) is 16.8. The summed E-state index contributed by atoms with van der Waals surface area (Å²) in [6.07, 6.45) is 9.68. The highest BCUT2D eigenvalue weighted by Gasteiger charge is 2.64. The number of anilines is 1. The molecule has 3 N–H and O–H groups in total. The number of carbonyl (C=O) groups excluding carboxylic acids is 1. The van der Waals surface area contributed by atoms with Gasteiger partial charge >= 0.3 is 0 Å². The first-order valence-corrected chi connectivity index (χ1v) is 21.8. The molecule has 59 heavy (non-hydrogen) atoms. The highest BCUT2D eigenvalue weighted by atomic mass is 32.2. The number of carbonyl (C=O) groups is 1. The maximum Gasteiger partial charge on any atom is 0.231 e. The zero-order valence-corrected chi connectivity index (χ0v) is 34.9. The number of amides is 1. The number of benzene rings is 4. The Bertz CT molecular complexity index is 2090. The summed E-state index contributed by atoms with van der Waals surface area (Å²) in [5.41, 5.74) is 6.00. The van der Waals surface area contributed by atoms with E-state index in [0.29, 0.717) is 25.2 Å². The molecule has 1 saturated carbocycles. The van der Waals surface area contributed by atoms with Crippen LogP contribution >= 0.6 is 11.8 Å². The number of nitrogens with zero attached hydrogens (tertiary/aromatic N) is 1. The van der Waals surface area contributed by atoms with Crippen molar-refractivity contribution in [2.24, 2.45) is 22.9 Å². The van der Waals surface area contributed by atoms with E-state index in [-0.39, 0.29) is 54.6 Å². The van der Waals surface area contributed by atoms with E-state index in [4.69, 9.17) is 24.2 Å². The van der Waals surface area contributed by atoms with E-state index < -0.39 is 5.79 Å². The molecular weight excluding hydrogens is 761 g/mol. The van der Waals surface area contributed by atoms with E-state index in [1.165, 1.54) is 6.92 Å². The first kappa shape index (κ1) is 42.3. The van der Waals surface area contributed by atoms with Crippen molar-refractivity contribution >= 4 is 29.1 Å². The van der Waals surface area contributed by atoms with Gasteiger partial charge in [0.1, 0.15) is 23.9 Å². The molecule has 10 heteroatoms. The van der Waals surface area contributed by atoms with Gasteiger partial charge in [0.2, 0.25) is 11.7 Å². The Kier molecular flexibility index (Phi) is 14.3. The first-order valence-electron chi connectivity index (χ1n) is 21.0. The van der Waals surface area contributed by atoms with Gasteiger partial charge in [0.15, 0.2) is 0 Å². The van der Waals surface area contributed by atoms with Gasteiger partial charge in [-0.05, 0) is 116 Å². The third kappa shape index (κ3) is 9.62. The van der Waals surface area contributed by atoms with Crippen molar-refractivity contribution in [3.63, 3.8) is 0 Å². The van der Waals surface area contributed by atoms with Crippen LogP contribution in [0.25, 0.3) is 11.1 Å². The molecule has 7 rings (SSSR count). The maximum absolute atomic E-state index is 11.8. The van der Waals surface area contributed by atoms with Gasteiger partial charge < -0.3 is 34.6 Å². The van der Waals surface area contributed by atoms with Crippen LogP contribution in [0.15, 0.2) is 131 Å². The summed E-state index contributed by atoms with van der Waals surface area (Å²) >= 11 is 1.68. The fourth-order valence-electron chi connectivity index (χ4n) is 9.10. The number of hydrogen-bond acceptors (Lipinski definition) is 9. The number of nitrogens with one attached hydrogen (secondary N) is 1. The average molecular weight is 817 g/mol. The minimum absolute atomic E-state index is 0.0669. The quantitative estimate of drug-likeness (QED) is 0.0486. The molecule has 1 aliphatic heterocycles. The second-order valence-electron chi connectivity index (χ2n) is 15.5. The van der Waals surface area contributed by atoms with Gasteiger partial charge in [-0.15, -0.1) is 18.3 Å². The maximum atomic E-state index is 11.8. The largest absolute Gasteiger partial charge is 0.460 e. The van der Waals surface area contributed by atoms with Crippen molar-refractivity contribution in [1.29, 1.82) is 0 Å². The number of aliphatic hydroxyl groups excluding tert-OH is 2. The first-order chi connectivity index (χ1) is 28.9. The summed E-state index contributed by atoms with van der Waals surface area (Å²) in [5.74, 6) is 0.957. The fourth-order valence-corrected chi connectivity index (χ4v) is 10.4. The van der Waals surface area contributed by atoms with Crippen LogP contribution in [0.3, 0.4) is 0 Å². The van der Waals surface area contributed by atoms with Gasteiger partial charge in [-0.25, -0.2) is 0 Å². The SMILES string of the molecule is C=CCO[C@@]12Oc3ccc(Oc4ccc(-c5ccccc5)cc4)cc3[C@H]3[C@H](CCCCO)[C@@H](CCCCO)C=C(C(=NOCC)C[C@@H]1Sc1ccc(NC(C)=O)cc1)[C@H]32. The molecule has 1 amide bonds. The van der Waals surface area contributed by atoms with Gasteiger partial charge in [0.05, 0.1) is 23.5 Å². The van der Waals surface area contributed by atoms with Crippen molar-refractivity contribution in [2.75, 3.05) is 31.7 Å². The van der Waals surface area contributed by atoms with E-state index >= 15 is 0 Å². The number of oxime groups is 1. The number of rotatable bonds is 19. The van der Waals surface area contributed by atoms with Crippen molar-refractivity contribution in [3.05, 3.63) is 127 Å². The number of ether oxygens (including phenoxy) is 3. The minimum Gasteiger partial charge on any atom is -0.460 e. The smallest absolute Gasteiger partial charge is 0.231 e. The van der Waals surface area contributed by atoms with Crippen LogP contribution in [0, 0.1) is 17.8 Å². The van der Waals surface area contributed by atoms with Crippen LogP contribution in [-0.2, 0) is 14.4 Å². The molecule has 0 radical (unpaired) electrons. The summed E-state index contributed by atoms with van der Waals surface area (Å²) in [6.45, 7) is 8.48. The molecule has 0 bridgehead atoms. The van der Waals surface area contributed by atoms with Gasteiger partial charge in [-0.3, -0.25) is 4.79 Å². The Hall–Kier alpha value is -4.87. The van der Waals surface area contributed by atoms with Gasteiger partial charge in [0, 0.05) is 48.6 Å². The van der Waals surface area contributed by atoms with Crippen molar-refractivity contribution in [1.82, 2.24) is 0 Å². The highest BCUT2D eigenvalue weighted by molar-refractivity contribution is 8.00. The minimum atomic E-state index is -1.12. The van der Waals surface area contributed by atoms with Gasteiger partial charge in [0.25, 0.3) is 0 Å². The highest BCUT2D eigenvalue weighted by Crippen LogP contribution is 2.63. The Balaban J connectivity index is 1.35. The average Bonchev–Trinajstić information content (AvgIpc) is 3.25. The van der Waals surface area contributed by atoms with Gasteiger partial charge in [-0.2, -0.15) is 0 Å². The van der Waals surface area contributed by atoms with Crippen LogP contribution < -0.4 is 14.8 Å². The number of unbranched alkanes of at least 4 members (excludes halogenated alkanes) is 2. The number of allylic oxidation sites excluding steroid dienone is 1. The summed E-state index contributed by atoms with van der Waals surface area (Å²) in [7, 11) is 0. The van der Waals surface area contributed by atoms with Crippen LogP contribution in [-0.4, -0.2) is 59.3 Å². The predicted molar refractivity (Wildman–Crippen MR) is 235 cm³/mol. The number of fused-ring (bicyclic) bond motifs is 2. The lowest BCUT2D eigenvalue weighted by molar-refractivity contribution is -0.223. The summed E-state index contributed by atoms with van der Waals surface area (Å²) in [4.78, 5) is 18.7. The second kappa shape index (κ2) is 19.9. The zero-order valence-electron chi connectivity index (χ0n) is 34.1. The predicted octanol–water partition coefficient (Wildman–Crippen LogP) is 10.6. The molecule has 4 aromatic rings. The van der Waals surface area contributed by atoms with E-state index in [9.17, 15) is 15.0 Å². The molecule has 3 aliphatic rings. The van der Waals surface area contributed by atoms with Crippen LogP contribution in [0.2, 0.25) is 0 Å². The lowest BCUT2D eigenvalue weighted by Crippen LogP contribution is -2.64. The Labute approximate surface area is 352 Å². The van der Waals surface area contributed by atoms with Crippen molar-refractivity contribution < 1.29 is 34.1 Å². The molecule has 1 fully saturated rings. The van der Waals surface area contributed by atoms with E-state index in [2.05, 4.69) is 48.3 Å². The zero-order chi connectivity index (χ0) is 41.2.